The topological polar surface area (TPSA) is 87.8 Å². The van der Waals surface area contributed by atoms with E-state index >= 15 is 0 Å². The number of benzene rings is 2. The van der Waals surface area contributed by atoms with Crippen LogP contribution in [-0.4, -0.2) is 26.8 Å². The molecule has 1 saturated carbocycles. The van der Waals surface area contributed by atoms with Crippen LogP contribution in [0.3, 0.4) is 0 Å². The van der Waals surface area contributed by atoms with Crippen molar-refractivity contribution in [2.24, 2.45) is 0 Å². The molecule has 6 nitrogen and oxygen atoms in total. The van der Waals surface area contributed by atoms with Crippen LogP contribution in [0.5, 0.6) is 0 Å². The smallest absolute Gasteiger partial charge is 0.262 e. The normalized spacial score (nSPS) is 15.4. The van der Waals surface area contributed by atoms with Gasteiger partial charge in [-0.15, -0.1) is 0 Å². The second-order valence-electron chi connectivity index (χ2n) is 7.40. The van der Waals surface area contributed by atoms with Gasteiger partial charge < -0.3 is 5.32 Å². The van der Waals surface area contributed by atoms with E-state index in [9.17, 15) is 14.9 Å². The SMILES string of the molecule is CCn1c(SCC(=O)NC2(C#N)CCCC2)nc2cc3ccccc3cc2c1=O. The zero-order valence-corrected chi connectivity index (χ0v) is 17.1. The largest absolute Gasteiger partial charge is 0.337 e. The van der Waals surface area contributed by atoms with Crippen LogP contribution in [0.1, 0.15) is 32.6 Å². The van der Waals surface area contributed by atoms with E-state index in [0.29, 0.717) is 35.4 Å². The van der Waals surface area contributed by atoms with E-state index in [-0.39, 0.29) is 17.2 Å². The molecule has 1 heterocycles. The lowest BCUT2D eigenvalue weighted by atomic mass is 10.0. The number of nitriles is 1. The fourth-order valence-corrected chi connectivity index (χ4v) is 4.82. The fraction of sp³-hybridized carbons (Fsp3) is 0.364. The maximum atomic E-state index is 13.0. The van der Waals surface area contributed by atoms with Gasteiger partial charge >= 0.3 is 0 Å². The maximum Gasteiger partial charge on any atom is 0.262 e. The van der Waals surface area contributed by atoms with Gasteiger partial charge in [0, 0.05) is 6.54 Å². The second kappa shape index (κ2) is 7.88. The molecule has 1 aliphatic carbocycles. The van der Waals surface area contributed by atoms with Crippen molar-refractivity contribution in [3.63, 3.8) is 0 Å². The van der Waals surface area contributed by atoms with Crippen molar-refractivity contribution in [3.05, 3.63) is 46.8 Å². The van der Waals surface area contributed by atoms with Crippen LogP contribution in [0.2, 0.25) is 0 Å². The van der Waals surface area contributed by atoms with Crippen LogP contribution in [0.25, 0.3) is 21.7 Å². The van der Waals surface area contributed by atoms with Gasteiger partial charge in [-0.2, -0.15) is 5.26 Å². The maximum absolute atomic E-state index is 13.0. The van der Waals surface area contributed by atoms with E-state index in [4.69, 9.17) is 0 Å². The standard InChI is InChI=1S/C22H22N4O2S/c1-2-26-20(28)17-11-15-7-3-4-8-16(15)12-18(17)24-21(26)29-13-19(27)25-22(14-23)9-5-6-10-22/h3-4,7-8,11-12H,2,5-6,9-10,13H2,1H3,(H,25,27). The molecule has 0 bridgehead atoms. The summed E-state index contributed by atoms with van der Waals surface area (Å²) in [5.41, 5.74) is -0.210. The minimum absolute atomic E-state index is 0.101. The first kappa shape index (κ1) is 19.5. The Morgan fingerprint density at radius 3 is 2.62 bits per heavy atom. The predicted octanol–water partition coefficient (Wildman–Crippen LogP) is 3.61. The number of fused-ring (bicyclic) bond motifs is 2. The summed E-state index contributed by atoms with van der Waals surface area (Å²) in [5, 5.41) is 15.5. The monoisotopic (exact) mass is 406 g/mol. The summed E-state index contributed by atoms with van der Waals surface area (Å²) < 4.78 is 1.60. The Hall–Kier alpha value is -2.85. The number of aromatic nitrogens is 2. The summed E-state index contributed by atoms with van der Waals surface area (Å²) in [6, 6.07) is 13.9. The molecule has 1 amide bonds. The molecule has 0 aliphatic heterocycles. The molecule has 1 aliphatic rings. The van der Waals surface area contributed by atoms with Gasteiger partial charge in [0.15, 0.2) is 5.16 Å². The summed E-state index contributed by atoms with van der Waals surface area (Å²) in [5.74, 6) is -0.0800. The minimum Gasteiger partial charge on any atom is -0.337 e. The Morgan fingerprint density at radius 2 is 1.97 bits per heavy atom. The molecule has 1 aromatic heterocycles. The van der Waals surface area contributed by atoms with Crippen LogP contribution in [0, 0.1) is 11.3 Å². The first-order valence-corrected chi connectivity index (χ1v) is 10.8. The number of rotatable bonds is 5. The van der Waals surface area contributed by atoms with E-state index in [1.54, 1.807) is 4.57 Å². The first-order chi connectivity index (χ1) is 14.0. The Balaban J connectivity index is 1.63. The Kier molecular flexibility index (Phi) is 5.29. The summed E-state index contributed by atoms with van der Waals surface area (Å²) >= 11 is 1.24. The third-order valence-electron chi connectivity index (χ3n) is 5.48. The second-order valence-corrected chi connectivity index (χ2v) is 8.34. The Bertz CT molecular complexity index is 1190. The van der Waals surface area contributed by atoms with Gasteiger partial charge in [0.2, 0.25) is 5.91 Å². The molecule has 2 aromatic carbocycles. The average molecular weight is 407 g/mol. The third-order valence-corrected chi connectivity index (χ3v) is 6.46. The van der Waals surface area contributed by atoms with Crippen molar-refractivity contribution in [2.45, 2.75) is 49.8 Å². The number of hydrogen-bond acceptors (Lipinski definition) is 5. The van der Waals surface area contributed by atoms with Gasteiger partial charge in [0.25, 0.3) is 5.56 Å². The quantitative estimate of drug-likeness (QED) is 0.397. The zero-order valence-electron chi connectivity index (χ0n) is 16.3. The molecule has 148 valence electrons. The van der Waals surface area contributed by atoms with Gasteiger partial charge in [0.1, 0.15) is 5.54 Å². The van der Waals surface area contributed by atoms with Gasteiger partial charge in [-0.1, -0.05) is 36.0 Å². The van der Waals surface area contributed by atoms with Crippen molar-refractivity contribution in [1.82, 2.24) is 14.9 Å². The first-order valence-electron chi connectivity index (χ1n) is 9.84. The molecule has 0 saturated heterocycles. The molecule has 0 atom stereocenters. The van der Waals surface area contributed by atoms with E-state index in [0.717, 1.165) is 23.6 Å². The molecule has 29 heavy (non-hydrogen) atoms. The van der Waals surface area contributed by atoms with Gasteiger partial charge in [-0.3, -0.25) is 14.2 Å². The van der Waals surface area contributed by atoms with Crippen LogP contribution >= 0.6 is 11.8 Å². The summed E-state index contributed by atoms with van der Waals surface area (Å²) in [7, 11) is 0. The molecular weight excluding hydrogens is 384 g/mol. The highest BCUT2D eigenvalue weighted by atomic mass is 32.2. The Labute approximate surface area is 172 Å². The van der Waals surface area contributed by atoms with Crippen molar-refractivity contribution in [2.75, 3.05) is 5.75 Å². The third kappa shape index (κ3) is 3.73. The molecule has 0 radical (unpaired) electrons. The number of nitrogens with one attached hydrogen (secondary N) is 1. The van der Waals surface area contributed by atoms with Gasteiger partial charge in [-0.05, 0) is 55.5 Å². The van der Waals surface area contributed by atoms with Crippen LogP contribution in [-0.2, 0) is 11.3 Å². The molecular formula is C22H22N4O2S. The lowest BCUT2D eigenvalue weighted by Crippen LogP contribution is -2.45. The van der Waals surface area contributed by atoms with Crippen molar-refractivity contribution >= 4 is 39.3 Å². The highest BCUT2D eigenvalue weighted by Gasteiger charge is 2.35. The predicted molar refractivity (Wildman–Crippen MR) is 115 cm³/mol. The highest BCUT2D eigenvalue weighted by Crippen LogP contribution is 2.29. The molecule has 4 rings (SSSR count). The molecule has 0 unspecified atom stereocenters. The van der Waals surface area contributed by atoms with Gasteiger partial charge in [0.05, 0.1) is 22.7 Å². The van der Waals surface area contributed by atoms with Gasteiger partial charge in [-0.25, -0.2) is 4.98 Å². The van der Waals surface area contributed by atoms with Crippen LogP contribution in [0.15, 0.2) is 46.3 Å². The van der Waals surface area contributed by atoms with Crippen molar-refractivity contribution < 1.29 is 4.79 Å². The summed E-state index contributed by atoms with van der Waals surface area (Å²) in [4.78, 5) is 30.2. The fourth-order valence-electron chi connectivity index (χ4n) is 3.95. The average Bonchev–Trinajstić information content (AvgIpc) is 3.20. The minimum atomic E-state index is -0.738. The van der Waals surface area contributed by atoms with E-state index in [1.165, 1.54) is 11.8 Å². The highest BCUT2D eigenvalue weighted by molar-refractivity contribution is 7.99. The molecule has 3 aromatic rings. The van der Waals surface area contributed by atoms with Crippen LogP contribution in [0.4, 0.5) is 0 Å². The van der Waals surface area contributed by atoms with Crippen molar-refractivity contribution in [3.8, 4) is 6.07 Å². The number of carbonyl (C=O) groups is 1. The summed E-state index contributed by atoms with van der Waals surface area (Å²) in [6.45, 7) is 2.37. The lowest BCUT2D eigenvalue weighted by molar-refractivity contribution is -0.119. The lowest BCUT2D eigenvalue weighted by Gasteiger charge is -2.21. The van der Waals surface area contributed by atoms with Crippen molar-refractivity contribution in [1.29, 1.82) is 5.26 Å². The number of amides is 1. The number of carbonyl (C=O) groups excluding carboxylic acids is 1. The summed E-state index contributed by atoms with van der Waals surface area (Å²) in [6.07, 6.45) is 3.30. The number of hydrogen-bond donors (Lipinski definition) is 1. The number of thioether (sulfide) groups is 1. The molecule has 0 spiro atoms. The molecule has 1 N–H and O–H groups in total. The van der Waals surface area contributed by atoms with E-state index < -0.39 is 5.54 Å². The van der Waals surface area contributed by atoms with E-state index in [1.807, 2.05) is 43.3 Å². The zero-order chi connectivity index (χ0) is 20.4. The van der Waals surface area contributed by atoms with Crippen LogP contribution < -0.4 is 10.9 Å². The Morgan fingerprint density at radius 1 is 1.28 bits per heavy atom. The molecule has 7 heteroatoms. The molecule has 1 fully saturated rings. The van der Waals surface area contributed by atoms with E-state index in [2.05, 4.69) is 16.4 Å². The number of nitrogens with zero attached hydrogens (tertiary/aromatic N) is 3.